The molecule has 0 aromatic heterocycles. The van der Waals surface area contributed by atoms with Crippen molar-refractivity contribution in [3.63, 3.8) is 0 Å². The first-order valence-corrected chi connectivity index (χ1v) is 9.43. The molecule has 0 aliphatic rings. The summed E-state index contributed by atoms with van der Waals surface area (Å²) in [5.41, 5.74) is 10.1. The SMILES string of the molecule is CN(C)CC(c1ccccc1)[c-]1cccc1.C[c-]1[c-](C)[c-](C)[c-](C)[c-]1C.[CH3-].[Lu]. The maximum absolute atomic E-state index is 2.24. The van der Waals surface area contributed by atoms with E-state index in [-0.39, 0.29) is 44.3 Å². The topological polar surface area (TPSA) is 3.24 Å². The van der Waals surface area contributed by atoms with E-state index in [2.05, 4.69) is 108 Å². The average molecular weight is 538 g/mol. The van der Waals surface area contributed by atoms with Crippen LogP contribution < -0.4 is 0 Å². The molecule has 3 rings (SSSR count). The van der Waals surface area contributed by atoms with Crippen molar-refractivity contribution >= 4 is 0 Å². The summed E-state index contributed by atoms with van der Waals surface area (Å²) >= 11 is 0. The van der Waals surface area contributed by atoms with Crippen LogP contribution in [-0.2, 0) is 0 Å². The number of benzene rings is 1. The Morgan fingerprint density at radius 3 is 1.46 bits per heavy atom. The van der Waals surface area contributed by atoms with E-state index in [1.165, 1.54) is 38.9 Å². The summed E-state index contributed by atoms with van der Waals surface area (Å²) in [6.45, 7) is 12.0. The van der Waals surface area contributed by atoms with Crippen molar-refractivity contribution in [1.29, 1.82) is 0 Å². The van der Waals surface area contributed by atoms with Gasteiger partial charge in [-0.2, -0.15) is 12.1 Å². The van der Waals surface area contributed by atoms with E-state index in [1.807, 2.05) is 0 Å². The number of hydrogen-bond donors (Lipinski definition) is 0. The molecule has 0 saturated heterocycles. The molecule has 1 atom stereocenters. The van der Waals surface area contributed by atoms with E-state index in [4.69, 9.17) is 0 Å². The van der Waals surface area contributed by atoms with Gasteiger partial charge in [-0.25, -0.2) is 46.8 Å². The van der Waals surface area contributed by atoms with Gasteiger partial charge in [0.2, 0.25) is 0 Å². The van der Waals surface area contributed by atoms with Crippen molar-refractivity contribution in [2.75, 3.05) is 20.6 Å². The molecule has 0 heterocycles. The Balaban J connectivity index is 0.000000532. The van der Waals surface area contributed by atoms with Crippen LogP contribution in [0.4, 0.5) is 0 Å². The molecule has 0 fully saturated rings. The zero-order chi connectivity index (χ0) is 19.3. The number of hydrogen-bond acceptors (Lipinski definition) is 1. The monoisotopic (exact) mass is 537 g/mol. The fraction of sp³-hybridized carbons (Fsp3) is 0.346. The second-order valence-corrected chi connectivity index (χ2v) is 7.57. The molecule has 0 bridgehead atoms. The molecule has 0 aliphatic heterocycles. The van der Waals surface area contributed by atoms with Gasteiger partial charge in [-0.05, 0) is 26.6 Å². The minimum absolute atomic E-state index is 0. The van der Waals surface area contributed by atoms with Gasteiger partial charge in [0, 0.05) is 36.9 Å². The Bertz CT molecular complexity index is 715. The maximum Gasteiger partial charge on any atom is 0 e. The van der Waals surface area contributed by atoms with Gasteiger partial charge < -0.3 is 40.1 Å². The van der Waals surface area contributed by atoms with Gasteiger partial charge in [-0.3, -0.25) is 0 Å². The van der Waals surface area contributed by atoms with E-state index in [9.17, 15) is 0 Å². The molecular formula is C26H36LuN-7. The molecule has 0 N–H and O–H groups in total. The smallest absolute Gasteiger partial charge is 0 e. The van der Waals surface area contributed by atoms with Gasteiger partial charge in [0.05, 0.1) is 0 Å². The standard InChI is InChI=1S/C15H18N.C10H15.CH3.Lu/c1-16(2)12-15(14-10-6-7-11-14)13-8-4-3-5-9-13;1-6-7(2)9(4)10(5)8(6)3;;/h3-11,15H,12H2,1-2H3;1-5H3;1H3;/q-1;-5;-1;. The summed E-state index contributed by atoms with van der Waals surface area (Å²) in [7, 11) is 4.25. The molecule has 1 radical (unpaired) electrons. The second-order valence-electron chi connectivity index (χ2n) is 7.57. The maximum atomic E-state index is 2.24. The molecule has 0 aliphatic carbocycles. The van der Waals surface area contributed by atoms with Gasteiger partial charge in [0.15, 0.2) is 0 Å². The van der Waals surface area contributed by atoms with Crippen LogP contribution in [0.3, 0.4) is 0 Å². The third-order valence-electron chi connectivity index (χ3n) is 5.65. The molecule has 0 spiro atoms. The summed E-state index contributed by atoms with van der Waals surface area (Å²) in [6.07, 6.45) is 0. The minimum Gasteiger partial charge on any atom is -0.731 e. The van der Waals surface area contributed by atoms with Crippen molar-refractivity contribution in [3.8, 4) is 0 Å². The molecule has 2 heteroatoms. The molecule has 3 aromatic rings. The quantitative estimate of drug-likeness (QED) is 0.344. The first-order chi connectivity index (χ1) is 12.3. The van der Waals surface area contributed by atoms with E-state index in [0.29, 0.717) is 5.92 Å². The van der Waals surface area contributed by atoms with Gasteiger partial charge in [-0.15, -0.1) is 5.56 Å². The van der Waals surface area contributed by atoms with Crippen LogP contribution in [-0.4, -0.2) is 25.5 Å². The van der Waals surface area contributed by atoms with Crippen LogP contribution in [0.5, 0.6) is 0 Å². The zero-order valence-electron chi connectivity index (χ0n) is 18.7. The van der Waals surface area contributed by atoms with E-state index < -0.39 is 0 Å². The summed E-state index contributed by atoms with van der Waals surface area (Å²) in [6, 6.07) is 19.4. The second kappa shape index (κ2) is 12.6. The van der Waals surface area contributed by atoms with Crippen LogP contribution in [0.1, 0.15) is 44.9 Å². The van der Waals surface area contributed by atoms with Gasteiger partial charge in [0.25, 0.3) is 0 Å². The van der Waals surface area contributed by atoms with Crippen molar-refractivity contribution < 1.29 is 36.9 Å². The van der Waals surface area contributed by atoms with Crippen molar-refractivity contribution in [1.82, 2.24) is 4.90 Å². The van der Waals surface area contributed by atoms with Crippen LogP contribution >= 0.6 is 0 Å². The summed E-state index contributed by atoms with van der Waals surface area (Å²) in [5.74, 6) is 0.478. The molecule has 167 valence electrons. The third-order valence-corrected chi connectivity index (χ3v) is 5.65. The first-order valence-electron chi connectivity index (χ1n) is 9.43. The van der Waals surface area contributed by atoms with Crippen molar-refractivity contribution in [2.45, 2.75) is 40.5 Å². The van der Waals surface area contributed by atoms with Crippen LogP contribution in [0.25, 0.3) is 0 Å². The average Bonchev–Trinajstić information content (AvgIpc) is 3.23. The fourth-order valence-electron chi connectivity index (χ4n) is 3.48. The summed E-state index contributed by atoms with van der Waals surface area (Å²) < 4.78 is 0. The Hall–Kier alpha value is -0.886. The first kappa shape index (κ1) is 27.1. The van der Waals surface area contributed by atoms with Crippen molar-refractivity contribution in [2.24, 2.45) is 0 Å². The Labute approximate surface area is 202 Å². The van der Waals surface area contributed by atoms with Crippen LogP contribution in [0, 0.1) is 78.9 Å². The van der Waals surface area contributed by atoms with Crippen LogP contribution in [0.15, 0.2) is 54.6 Å². The molecule has 1 unspecified atom stereocenters. The molecule has 0 amide bonds. The Morgan fingerprint density at radius 1 is 0.714 bits per heavy atom. The number of rotatable bonds is 4. The normalized spacial score (nSPS) is 11.1. The molecule has 0 saturated carbocycles. The molecule has 3 aromatic carbocycles. The van der Waals surface area contributed by atoms with E-state index >= 15 is 0 Å². The zero-order valence-corrected chi connectivity index (χ0v) is 20.3. The molecule has 1 nitrogen and oxygen atoms in total. The van der Waals surface area contributed by atoms with Crippen molar-refractivity contribution in [3.05, 3.63) is 101 Å². The van der Waals surface area contributed by atoms with E-state index in [1.54, 1.807) is 0 Å². The summed E-state index contributed by atoms with van der Waals surface area (Å²) in [5, 5.41) is 0. The van der Waals surface area contributed by atoms with Gasteiger partial charge in [0.1, 0.15) is 0 Å². The fourth-order valence-corrected chi connectivity index (χ4v) is 3.48. The number of likely N-dealkylation sites (N-methyl/N-ethyl adjacent to an activating group) is 1. The Kier molecular flexibility index (Phi) is 12.2. The predicted octanol–water partition coefficient (Wildman–Crippen LogP) is 6.50. The van der Waals surface area contributed by atoms with Crippen LogP contribution in [0.2, 0.25) is 0 Å². The number of nitrogens with zero attached hydrogens (tertiary/aromatic N) is 1. The van der Waals surface area contributed by atoms with E-state index in [0.717, 1.165) is 6.54 Å². The largest absolute Gasteiger partial charge is 0.731 e. The minimum atomic E-state index is 0. The molecular weight excluding hydrogens is 501 g/mol. The molecule has 28 heavy (non-hydrogen) atoms. The predicted molar refractivity (Wildman–Crippen MR) is 121 cm³/mol. The van der Waals surface area contributed by atoms with Gasteiger partial charge >= 0.3 is 0 Å². The third kappa shape index (κ3) is 6.87. The summed E-state index contributed by atoms with van der Waals surface area (Å²) in [4.78, 5) is 2.24. The van der Waals surface area contributed by atoms with Gasteiger partial charge in [-0.1, -0.05) is 35.9 Å². The Morgan fingerprint density at radius 2 is 1.11 bits per heavy atom.